The minimum atomic E-state index is 0.0265. The third kappa shape index (κ3) is 5.77. The molecular weight excluding hydrogens is 535 g/mol. The molecule has 164 valence electrons. The van der Waals surface area contributed by atoms with Crippen molar-refractivity contribution in [2.75, 3.05) is 15.1 Å². The van der Waals surface area contributed by atoms with E-state index in [4.69, 9.17) is 9.97 Å². The van der Waals surface area contributed by atoms with Crippen LogP contribution in [0.1, 0.15) is 25.0 Å². The van der Waals surface area contributed by atoms with Gasteiger partial charge >= 0.3 is 0 Å². The second kappa shape index (κ2) is 10.8. The zero-order valence-electron chi connectivity index (χ0n) is 17.6. The van der Waals surface area contributed by atoms with Gasteiger partial charge in [-0.05, 0) is 60.2 Å². The lowest BCUT2D eigenvalue weighted by atomic mass is 10.2. The number of benzene rings is 2. The van der Waals surface area contributed by atoms with Crippen LogP contribution in [0, 0.1) is 6.92 Å². The molecule has 1 amide bonds. The Kier molecular flexibility index (Phi) is 7.59. The van der Waals surface area contributed by atoms with Crippen LogP contribution < -0.4 is 10.6 Å². The maximum atomic E-state index is 12.4. The molecule has 0 aliphatic heterocycles. The second-order valence-corrected chi connectivity index (χ2v) is 9.31. The van der Waals surface area contributed by atoms with Crippen LogP contribution in [0.5, 0.6) is 0 Å². The first-order valence-electron chi connectivity index (χ1n) is 10.3. The lowest BCUT2D eigenvalue weighted by Gasteiger charge is -2.12. The van der Waals surface area contributed by atoms with Crippen molar-refractivity contribution in [1.82, 2.24) is 20.2 Å². The molecule has 0 bridgehead atoms. The number of aryl methyl sites for hydroxylation is 1. The van der Waals surface area contributed by atoms with E-state index in [0.29, 0.717) is 23.2 Å². The molecule has 4 rings (SSSR count). The van der Waals surface area contributed by atoms with Gasteiger partial charge in [-0.2, -0.15) is 5.10 Å². The zero-order chi connectivity index (χ0) is 22.3. The molecule has 4 aromatic rings. The third-order valence-electron chi connectivity index (χ3n) is 4.68. The van der Waals surface area contributed by atoms with Crippen molar-refractivity contribution in [1.29, 1.82) is 0 Å². The summed E-state index contributed by atoms with van der Waals surface area (Å²) in [5, 5.41) is 15.0. The van der Waals surface area contributed by atoms with Crippen LogP contribution in [0.4, 0.5) is 17.3 Å². The zero-order valence-corrected chi connectivity index (χ0v) is 20.5. The topological polar surface area (TPSA) is 95.6 Å². The maximum Gasteiger partial charge on any atom is 0.224 e. The number of anilines is 3. The molecule has 0 fully saturated rings. The van der Waals surface area contributed by atoms with Crippen LogP contribution in [0.3, 0.4) is 0 Å². The molecule has 0 radical (unpaired) electrons. The Hall–Kier alpha value is -2.66. The summed E-state index contributed by atoms with van der Waals surface area (Å²) in [7, 11) is 0. The first-order valence-corrected chi connectivity index (χ1v) is 12.6. The number of carbonyl (C=O) groups is 1. The Morgan fingerprint density at radius 3 is 2.72 bits per heavy atom. The summed E-state index contributed by atoms with van der Waals surface area (Å²) in [6.45, 7) is 1.95. The van der Waals surface area contributed by atoms with Crippen molar-refractivity contribution < 1.29 is 4.79 Å². The summed E-state index contributed by atoms with van der Waals surface area (Å²) >= 11 is 3.76. The van der Waals surface area contributed by atoms with E-state index in [2.05, 4.69) is 43.4 Å². The Balaban J connectivity index is 1.60. The van der Waals surface area contributed by atoms with Crippen LogP contribution in [-0.2, 0) is 4.79 Å². The van der Waals surface area contributed by atoms with Crippen LogP contribution in [0.25, 0.3) is 10.9 Å². The molecule has 9 heteroatoms. The van der Waals surface area contributed by atoms with Crippen molar-refractivity contribution >= 4 is 68.5 Å². The summed E-state index contributed by atoms with van der Waals surface area (Å²) < 4.78 is 1.06. The van der Waals surface area contributed by atoms with E-state index in [9.17, 15) is 4.79 Å². The number of rotatable bonds is 9. The molecule has 2 aromatic carbocycles. The minimum Gasteiger partial charge on any atom is -0.325 e. The van der Waals surface area contributed by atoms with Gasteiger partial charge in [0.2, 0.25) is 5.91 Å². The summed E-state index contributed by atoms with van der Waals surface area (Å²) in [6.07, 6.45) is 2.45. The number of aromatic amines is 1. The van der Waals surface area contributed by atoms with Gasteiger partial charge in [-0.3, -0.25) is 9.89 Å². The Morgan fingerprint density at radius 2 is 1.91 bits per heavy atom. The summed E-state index contributed by atoms with van der Waals surface area (Å²) in [5.41, 5.74) is 2.56. The lowest BCUT2D eigenvalue weighted by molar-refractivity contribution is -0.116. The number of amides is 1. The summed E-state index contributed by atoms with van der Waals surface area (Å²) in [6, 6.07) is 17.5. The molecule has 0 unspecified atom stereocenters. The van der Waals surface area contributed by atoms with Crippen molar-refractivity contribution in [3.05, 3.63) is 60.3 Å². The van der Waals surface area contributed by atoms with Crippen molar-refractivity contribution in [2.24, 2.45) is 0 Å². The Morgan fingerprint density at radius 1 is 1.09 bits per heavy atom. The van der Waals surface area contributed by atoms with Gasteiger partial charge in [0.15, 0.2) is 11.0 Å². The average molecular weight is 558 g/mol. The van der Waals surface area contributed by atoms with Crippen molar-refractivity contribution in [3.8, 4) is 0 Å². The molecule has 0 aliphatic rings. The number of H-pyrrole nitrogens is 1. The van der Waals surface area contributed by atoms with Gasteiger partial charge in [-0.15, -0.1) is 0 Å². The number of aromatic nitrogens is 4. The molecule has 0 atom stereocenters. The number of hydrogen-bond acceptors (Lipinski definition) is 6. The highest BCUT2D eigenvalue weighted by Crippen LogP contribution is 2.34. The van der Waals surface area contributed by atoms with Crippen LogP contribution in [0.2, 0.25) is 0 Å². The molecule has 0 saturated carbocycles. The highest BCUT2D eigenvalue weighted by atomic mass is 127. The first kappa shape index (κ1) is 22.5. The van der Waals surface area contributed by atoms with Crippen LogP contribution in [-0.4, -0.2) is 30.5 Å². The first-order chi connectivity index (χ1) is 15.6. The number of hydrogen-bond donors (Lipinski definition) is 3. The average Bonchev–Trinajstić information content (AvgIpc) is 3.20. The highest BCUT2D eigenvalue weighted by molar-refractivity contribution is 14.1. The summed E-state index contributed by atoms with van der Waals surface area (Å²) in [4.78, 5) is 22.7. The third-order valence-corrected chi connectivity index (χ3v) is 6.39. The monoisotopic (exact) mass is 558 g/mol. The number of fused-ring (bicyclic) bond motifs is 1. The smallest absolute Gasteiger partial charge is 0.224 e. The number of alkyl halides is 1. The van der Waals surface area contributed by atoms with Gasteiger partial charge in [-0.25, -0.2) is 9.97 Å². The SMILES string of the molecule is Cc1cc(Nc2nc(Sc3ccccc3NC(=O)CCCCI)nc3ccccc23)n[nH]1. The molecular formula is C23H23IN6OS. The summed E-state index contributed by atoms with van der Waals surface area (Å²) in [5.74, 6) is 1.41. The van der Waals surface area contributed by atoms with E-state index < -0.39 is 0 Å². The maximum absolute atomic E-state index is 12.4. The quantitative estimate of drug-likeness (QED) is 0.0995. The molecule has 0 aliphatic carbocycles. The molecule has 32 heavy (non-hydrogen) atoms. The van der Waals surface area contributed by atoms with E-state index in [1.807, 2.05) is 61.5 Å². The number of nitrogens with one attached hydrogen (secondary N) is 3. The standard InChI is InChI=1S/C23H23IN6OS/c1-15-14-20(30-29-15)27-22-16-8-2-3-9-17(16)26-23(28-22)32-19-11-5-4-10-18(19)25-21(31)12-6-7-13-24/h2-5,8-11,14H,6-7,12-13H2,1H3,(H,25,31)(H2,26,27,28,29,30). The number of carbonyl (C=O) groups excluding carboxylic acids is 1. The van der Waals surface area contributed by atoms with Crippen molar-refractivity contribution in [2.45, 2.75) is 36.2 Å². The van der Waals surface area contributed by atoms with E-state index in [-0.39, 0.29) is 5.91 Å². The minimum absolute atomic E-state index is 0.0265. The van der Waals surface area contributed by atoms with Crippen LogP contribution >= 0.6 is 34.4 Å². The lowest BCUT2D eigenvalue weighted by Crippen LogP contribution is -2.11. The van der Waals surface area contributed by atoms with Crippen LogP contribution in [0.15, 0.2) is 64.6 Å². The van der Waals surface area contributed by atoms with Gasteiger partial charge < -0.3 is 10.6 Å². The number of nitrogens with zero attached hydrogens (tertiary/aromatic N) is 3. The van der Waals surface area contributed by atoms with E-state index in [1.165, 1.54) is 11.8 Å². The number of halogens is 1. The second-order valence-electron chi connectivity index (χ2n) is 7.23. The van der Waals surface area contributed by atoms with Gasteiger partial charge in [0.1, 0.15) is 5.82 Å². The Labute approximate surface area is 204 Å². The molecule has 0 saturated heterocycles. The highest BCUT2D eigenvalue weighted by Gasteiger charge is 2.13. The predicted octanol–water partition coefficient (Wildman–Crippen LogP) is 6.10. The van der Waals surface area contributed by atoms with E-state index in [0.717, 1.165) is 44.4 Å². The fourth-order valence-corrected chi connectivity index (χ4v) is 4.54. The largest absolute Gasteiger partial charge is 0.325 e. The molecule has 0 spiro atoms. The molecule has 2 aromatic heterocycles. The normalized spacial score (nSPS) is 10.9. The predicted molar refractivity (Wildman–Crippen MR) is 138 cm³/mol. The number of unbranched alkanes of at least 4 members (excludes halogenated alkanes) is 1. The van der Waals surface area contributed by atoms with Gasteiger partial charge in [0.05, 0.1) is 11.2 Å². The molecule has 3 N–H and O–H groups in total. The van der Waals surface area contributed by atoms with Gasteiger partial charge in [0, 0.05) is 28.5 Å². The molecule has 2 heterocycles. The fourth-order valence-electron chi connectivity index (χ4n) is 3.15. The van der Waals surface area contributed by atoms with Gasteiger partial charge in [-0.1, -0.05) is 46.9 Å². The van der Waals surface area contributed by atoms with Crippen molar-refractivity contribution in [3.63, 3.8) is 0 Å². The van der Waals surface area contributed by atoms with Gasteiger partial charge in [0.25, 0.3) is 0 Å². The fraction of sp³-hybridized carbons (Fsp3) is 0.217. The van der Waals surface area contributed by atoms with E-state index in [1.54, 1.807) is 0 Å². The van der Waals surface area contributed by atoms with E-state index >= 15 is 0 Å². The number of para-hydroxylation sites is 2. The molecule has 7 nitrogen and oxygen atoms in total. The Bertz CT molecular complexity index is 1230.